The molecule has 6 heteroatoms. The molecule has 114 valence electrons. The van der Waals surface area contributed by atoms with E-state index in [0.717, 1.165) is 36.3 Å². The summed E-state index contributed by atoms with van der Waals surface area (Å²) < 4.78 is 0. The Bertz CT molecular complexity index is 454. The predicted molar refractivity (Wildman–Crippen MR) is 86.8 cm³/mol. The summed E-state index contributed by atoms with van der Waals surface area (Å²) in [6, 6.07) is 4.00. The molecule has 1 saturated carbocycles. The van der Waals surface area contributed by atoms with Crippen molar-refractivity contribution < 1.29 is 4.79 Å². The molecule has 0 spiro atoms. The second kappa shape index (κ2) is 8.45. The lowest BCUT2D eigenvalue weighted by Crippen LogP contribution is -2.28. The summed E-state index contributed by atoms with van der Waals surface area (Å²) in [6.07, 6.45) is 3.78. The lowest BCUT2D eigenvalue weighted by Gasteiger charge is -2.15. The number of amides is 1. The summed E-state index contributed by atoms with van der Waals surface area (Å²) in [7, 11) is 0. The second-order valence-corrected chi connectivity index (χ2v) is 5.19. The van der Waals surface area contributed by atoms with Crippen LogP contribution in [0.5, 0.6) is 0 Å². The molecule has 2 atom stereocenters. The first-order chi connectivity index (χ1) is 8.56. The number of carbonyl (C=O) groups excluding carboxylic acids is 1. The van der Waals surface area contributed by atoms with Gasteiger partial charge in [0.1, 0.15) is 0 Å². The van der Waals surface area contributed by atoms with E-state index in [9.17, 15) is 4.79 Å². The topological polar surface area (TPSA) is 68.0 Å². The Balaban J connectivity index is 0.00000180. The van der Waals surface area contributed by atoms with Crippen molar-refractivity contribution in [2.45, 2.75) is 45.6 Å². The summed E-state index contributed by atoms with van der Waals surface area (Å²) >= 11 is 0. The zero-order valence-electron chi connectivity index (χ0n) is 11.9. The maximum Gasteiger partial charge on any atom is 0.224 e. The van der Waals surface area contributed by atoms with Crippen LogP contribution >= 0.6 is 24.8 Å². The maximum absolute atomic E-state index is 12.0. The van der Waals surface area contributed by atoms with Gasteiger partial charge in [0.05, 0.1) is 11.4 Å². The van der Waals surface area contributed by atoms with Crippen LogP contribution in [0.3, 0.4) is 0 Å². The zero-order chi connectivity index (χ0) is 13.1. The summed E-state index contributed by atoms with van der Waals surface area (Å²) in [4.78, 5) is 16.3. The average Bonchev–Trinajstić information content (AvgIpc) is 2.69. The third-order valence-corrected chi connectivity index (χ3v) is 3.66. The van der Waals surface area contributed by atoms with Crippen LogP contribution in [-0.2, 0) is 4.79 Å². The van der Waals surface area contributed by atoms with E-state index >= 15 is 0 Å². The van der Waals surface area contributed by atoms with Crippen LogP contribution in [0.1, 0.15) is 37.1 Å². The predicted octanol–water partition coefficient (Wildman–Crippen LogP) is 3.00. The molecule has 0 aromatic carbocycles. The van der Waals surface area contributed by atoms with E-state index in [-0.39, 0.29) is 36.8 Å². The van der Waals surface area contributed by atoms with Gasteiger partial charge >= 0.3 is 0 Å². The minimum Gasteiger partial charge on any atom is -0.327 e. The number of pyridine rings is 1. The molecule has 1 aliphatic carbocycles. The van der Waals surface area contributed by atoms with Crippen LogP contribution in [0.25, 0.3) is 0 Å². The molecular weight excluding hydrogens is 297 g/mol. The molecule has 20 heavy (non-hydrogen) atoms. The third-order valence-electron chi connectivity index (χ3n) is 3.66. The Morgan fingerprint density at radius 2 is 2.05 bits per heavy atom. The highest BCUT2D eigenvalue weighted by atomic mass is 35.5. The number of aryl methyl sites for hydroxylation is 2. The van der Waals surface area contributed by atoms with Crippen molar-refractivity contribution in [3.63, 3.8) is 0 Å². The molecule has 0 bridgehead atoms. The van der Waals surface area contributed by atoms with Gasteiger partial charge in [0.25, 0.3) is 0 Å². The summed E-state index contributed by atoms with van der Waals surface area (Å²) in [5.74, 6) is 0.384. The number of nitrogens with one attached hydrogen (secondary N) is 1. The van der Waals surface area contributed by atoms with Crippen molar-refractivity contribution in [2.75, 3.05) is 5.32 Å². The Hall–Kier alpha value is -0.840. The monoisotopic (exact) mass is 319 g/mol. The molecule has 4 nitrogen and oxygen atoms in total. The second-order valence-electron chi connectivity index (χ2n) is 5.19. The molecule has 1 heterocycles. The van der Waals surface area contributed by atoms with Gasteiger partial charge < -0.3 is 11.1 Å². The molecule has 0 radical (unpaired) electrons. The highest BCUT2D eigenvalue weighted by molar-refractivity contribution is 5.91. The van der Waals surface area contributed by atoms with Crippen LogP contribution in [0.2, 0.25) is 0 Å². The van der Waals surface area contributed by atoms with Crippen LogP contribution in [0.15, 0.2) is 12.1 Å². The molecule has 2 rings (SSSR count). The van der Waals surface area contributed by atoms with Gasteiger partial charge in [0.2, 0.25) is 5.91 Å². The van der Waals surface area contributed by atoms with E-state index in [2.05, 4.69) is 10.3 Å². The first-order valence-corrected chi connectivity index (χ1v) is 6.56. The number of rotatable bonds is 3. The van der Waals surface area contributed by atoms with Gasteiger partial charge in [-0.1, -0.05) is 6.42 Å². The zero-order valence-corrected chi connectivity index (χ0v) is 13.5. The van der Waals surface area contributed by atoms with E-state index in [1.807, 2.05) is 26.0 Å². The van der Waals surface area contributed by atoms with Crippen molar-refractivity contribution >= 4 is 36.4 Å². The quantitative estimate of drug-likeness (QED) is 0.899. The standard InChI is InChI=1S/C14H21N3O.2ClH/c1-9-6-7-13(10(2)16-9)17-14(18)8-11-4-3-5-12(11)15;;/h6-7,11-12H,3-5,8,15H2,1-2H3,(H,17,18);2*1H/t11-,12+;;/m0../s1. The van der Waals surface area contributed by atoms with Gasteiger partial charge in [-0.25, -0.2) is 0 Å². The number of nitrogens with zero attached hydrogens (tertiary/aromatic N) is 1. The van der Waals surface area contributed by atoms with Crippen LogP contribution < -0.4 is 11.1 Å². The van der Waals surface area contributed by atoms with Gasteiger partial charge in [-0.15, -0.1) is 24.8 Å². The van der Waals surface area contributed by atoms with Gasteiger partial charge in [-0.3, -0.25) is 9.78 Å². The van der Waals surface area contributed by atoms with E-state index in [1.54, 1.807) is 0 Å². The summed E-state index contributed by atoms with van der Waals surface area (Å²) in [6.45, 7) is 3.85. The molecular formula is C14H23Cl2N3O. The van der Waals surface area contributed by atoms with Crippen LogP contribution in [0.4, 0.5) is 5.69 Å². The first kappa shape index (κ1) is 19.2. The molecule has 1 aromatic rings. The minimum absolute atomic E-state index is 0. The summed E-state index contributed by atoms with van der Waals surface area (Å²) in [5.41, 5.74) is 8.60. The SMILES string of the molecule is Cc1ccc(NC(=O)C[C@@H]2CCC[C@H]2N)c(C)n1.Cl.Cl. The molecule has 0 aliphatic heterocycles. The summed E-state index contributed by atoms with van der Waals surface area (Å²) in [5, 5.41) is 2.93. The van der Waals surface area contributed by atoms with Crippen molar-refractivity contribution in [3.05, 3.63) is 23.5 Å². The fourth-order valence-electron chi connectivity index (χ4n) is 2.58. The van der Waals surface area contributed by atoms with E-state index in [1.165, 1.54) is 0 Å². The normalized spacial score (nSPS) is 20.8. The number of anilines is 1. The molecule has 1 aromatic heterocycles. The largest absolute Gasteiger partial charge is 0.327 e. The average molecular weight is 320 g/mol. The Morgan fingerprint density at radius 3 is 2.60 bits per heavy atom. The number of carbonyl (C=O) groups is 1. The number of nitrogens with two attached hydrogens (primary N) is 1. The van der Waals surface area contributed by atoms with Crippen molar-refractivity contribution in [2.24, 2.45) is 11.7 Å². The van der Waals surface area contributed by atoms with E-state index in [4.69, 9.17) is 5.73 Å². The Morgan fingerprint density at radius 1 is 1.35 bits per heavy atom. The fourth-order valence-corrected chi connectivity index (χ4v) is 2.58. The molecule has 1 aliphatic rings. The van der Waals surface area contributed by atoms with Gasteiger partial charge in [0, 0.05) is 18.2 Å². The first-order valence-electron chi connectivity index (χ1n) is 6.56. The van der Waals surface area contributed by atoms with E-state index in [0.29, 0.717) is 12.3 Å². The van der Waals surface area contributed by atoms with Crippen LogP contribution in [-0.4, -0.2) is 16.9 Å². The Labute approximate surface area is 132 Å². The maximum atomic E-state index is 12.0. The highest BCUT2D eigenvalue weighted by Crippen LogP contribution is 2.27. The molecule has 3 N–H and O–H groups in total. The molecule has 0 saturated heterocycles. The van der Waals surface area contributed by atoms with Crippen LogP contribution in [0, 0.1) is 19.8 Å². The smallest absolute Gasteiger partial charge is 0.224 e. The van der Waals surface area contributed by atoms with Gasteiger partial charge in [-0.05, 0) is 44.7 Å². The lowest BCUT2D eigenvalue weighted by molar-refractivity contribution is -0.117. The number of halogens is 2. The Kier molecular flexibility index (Phi) is 8.09. The minimum atomic E-state index is 0. The van der Waals surface area contributed by atoms with Gasteiger partial charge in [-0.2, -0.15) is 0 Å². The number of hydrogen-bond acceptors (Lipinski definition) is 3. The fraction of sp³-hybridized carbons (Fsp3) is 0.571. The van der Waals surface area contributed by atoms with Crippen molar-refractivity contribution in [1.82, 2.24) is 4.98 Å². The molecule has 0 unspecified atom stereocenters. The third kappa shape index (κ3) is 4.93. The van der Waals surface area contributed by atoms with Crippen molar-refractivity contribution in [1.29, 1.82) is 0 Å². The molecule has 1 fully saturated rings. The van der Waals surface area contributed by atoms with Crippen molar-refractivity contribution in [3.8, 4) is 0 Å². The lowest BCUT2D eigenvalue weighted by atomic mass is 10.00. The molecule has 1 amide bonds. The van der Waals surface area contributed by atoms with Gasteiger partial charge in [0.15, 0.2) is 0 Å². The van der Waals surface area contributed by atoms with E-state index < -0.39 is 0 Å². The number of aromatic nitrogens is 1. The number of hydrogen-bond donors (Lipinski definition) is 2. The highest BCUT2D eigenvalue weighted by Gasteiger charge is 2.26.